The third-order valence-electron chi connectivity index (χ3n) is 3.40. The van der Waals surface area contributed by atoms with Crippen LogP contribution >= 0.6 is 15.9 Å². The van der Waals surface area contributed by atoms with Crippen LogP contribution in [0.25, 0.3) is 0 Å². The van der Waals surface area contributed by atoms with Crippen molar-refractivity contribution in [3.05, 3.63) is 22.2 Å². The number of nitrogens with one attached hydrogen (secondary N) is 1. The molecule has 0 bridgehead atoms. The standard InChI is InChI=1S/C14H16BrNO5/c1-20-11-4-7(3-10(15)12(11)21-2)6-16-13(17)8-5-9(8)14(18)19/h3-4,8-9H,5-6H2,1-2H3,(H,16,17)(H,18,19)/t8-,9+/m1/s1. The Morgan fingerprint density at radius 3 is 2.57 bits per heavy atom. The molecule has 21 heavy (non-hydrogen) atoms. The van der Waals surface area contributed by atoms with Crippen LogP contribution in [0.2, 0.25) is 0 Å². The maximum atomic E-state index is 11.8. The van der Waals surface area contributed by atoms with Gasteiger partial charge >= 0.3 is 5.97 Å². The fraction of sp³-hybridized carbons (Fsp3) is 0.429. The molecule has 0 radical (unpaired) electrons. The lowest BCUT2D eigenvalue weighted by molar-refractivity contribution is -0.140. The van der Waals surface area contributed by atoms with Crippen molar-refractivity contribution in [2.75, 3.05) is 14.2 Å². The smallest absolute Gasteiger partial charge is 0.307 e. The molecule has 2 atom stereocenters. The van der Waals surface area contributed by atoms with Gasteiger partial charge in [-0.15, -0.1) is 0 Å². The van der Waals surface area contributed by atoms with Gasteiger partial charge in [-0.2, -0.15) is 0 Å². The van der Waals surface area contributed by atoms with Crippen molar-refractivity contribution in [1.82, 2.24) is 5.32 Å². The number of aliphatic carboxylic acids is 1. The Morgan fingerprint density at radius 2 is 2.05 bits per heavy atom. The molecule has 0 aromatic heterocycles. The molecule has 0 heterocycles. The van der Waals surface area contributed by atoms with E-state index in [1.807, 2.05) is 6.07 Å². The van der Waals surface area contributed by atoms with Crippen molar-refractivity contribution >= 4 is 27.8 Å². The van der Waals surface area contributed by atoms with E-state index in [1.54, 1.807) is 13.2 Å². The predicted octanol–water partition coefficient (Wildman–Crippen LogP) is 1.80. The summed E-state index contributed by atoms with van der Waals surface area (Å²) in [5, 5.41) is 11.5. The third kappa shape index (κ3) is 3.47. The molecule has 1 fully saturated rings. The number of rotatable bonds is 6. The van der Waals surface area contributed by atoms with Gasteiger partial charge in [0.2, 0.25) is 5.91 Å². The number of benzene rings is 1. The molecule has 2 rings (SSSR count). The van der Waals surface area contributed by atoms with E-state index in [0.29, 0.717) is 24.5 Å². The minimum Gasteiger partial charge on any atom is -0.493 e. The number of hydrogen-bond donors (Lipinski definition) is 2. The van der Waals surface area contributed by atoms with Crippen LogP contribution in [0.15, 0.2) is 16.6 Å². The molecular weight excluding hydrogens is 342 g/mol. The lowest BCUT2D eigenvalue weighted by atomic mass is 10.2. The van der Waals surface area contributed by atoms with Crippen LogP contribution in [-0.2, 0) is 16.1 Å². The van der Waals surface area contributed by atoms with Gasteiger partial charge in [-0.1, -0.05) is 0 Å². The normalized spacial score (nSPS) is 19.8. The van der Waals surface area contributed by atoms with Crippen LogP contribution in [0.1, 0.15) is 12.0 Å². The van der Waals surface area contributed by atoms with Crippen LogP contribution in [0, 0.1) is 11.8 Å². The zero-order chi connectivity index (χ0) is 15.6. The Morgan fingerprint density at radius 1 is 1.33 bits per heavy atom. The van der Waals surface area contributed by atoms with Crippen LogP contribution in [0.3, 0.4) is 0 Å². The molecule has 0 spiro atoms. The summed E-state index contributed by atoms with van der Waals surface area (Å²) in [6, 6.07) is 3.59. The molecule has 0 saturated heterocycles. The summed E-state index contributed by atoms with van der Waals surface area (Å²) in [5.74, 6) is -0.947. The molecule has 6 nitrogen and oxygen atoms in total. The van der Waals surface area contributed by atoms with Gasteiger partial charge in [0, 0.05) is 6.54 Å². The summed E-state index contributed by atoms with van der Waals surface area (Å²) in [4.78, 5) is 22.5. The van der Waals surface area contributed by atoms with E-state index >= 15 is 0 Å². The summed E-state index contributed by atoms with van der Waals surface area (Å²) < 4.78 is 11.2. The largest absolute Gasteiger partial charge is 0.493 e. The van der Waals surface area contributed by atoms with E-state index in [1.165, 1.54) is 7.11 Å². The van der Waals surface area contributed by atoms with Crippen molar-refractivity contribution in [3.63, 3.8) is 0 Å². The molecule has 114 valence electrons. The fourth-order valence-corrected chi connectivity index (χ4v) is 2.80. The Kier molecular flexibility index (Phi) is 4.72. The van der Waals surface area contributed by atoms with E-state index in [9.17, 15) is 9.59 Å². The highest BCUT2D eigenvalue weighted by Crippen LogP contribution is 2.39. The lowest BCUT2D eigenvalue weighted by Gasteiger charge is -2.12. The molecular formula is C14H16BrNO5. The minimum absolute atomic E-state index is 0.228. The maximum absolute atomic E-state index is 11.8. The highest BCUT2D eigenvalue weighted by molar-refractivity contribution is 9.10. The molecule has 7 heteroatoms. The van der Waals surface area contributed by atoms with E-state index in [2.05, 4.69) is 21.2 Å². The molecule has 0 unspecified atom stereocenters. The maximum Gasteiger partial charge on any atom is 0.307 e. The average Bonchev–Trinajstić information content (AvgIpc) is 3.24. The van der Waals surface area contributed by atoms with Gasteiger partial charge in [-0.3, -0.25) is 9.59 Å². The van der Waals surface area contributed by atoms with Crippen molar-refractivity contribution in [2.45, 2.75) is 13.0 Å². The van der Waals surface area contributed by atoms with Crippen molar-refractivity contribution < 1.29 is 24.2 Å². The summed E-state index contributed by atoms with van der Waals surface area (Å²) >= 11 is 3.38. The summed E-state index contributed by atoms with van der Waals surface area (Å²) in [6.07, 6.45) is 0.413. The van der Waals surface area contributed by atoms with Crippen LogP contribution in [-0.4, -0.2) is 31.2 Å². The zero-order valence-corrected chi connectivity index (χ0v) is 13.3. The molecule has 1 aromatic rings. The van der Waals surface area contributed by atoms with E-state index < -0.39 is 17.8 Å². The molecule has 1 saturated carbocycles. The minimum atomic E-state index is -0.913. The highest BCUT2D eigenvalue weighted by atomic mass is 79.9. The molecule has 1 amide bonds. The number of carboxylic acids is 1. The van der Waals surface area contributed by atoms with Crippen molar-refractivity contribution in [2.24, 2.45) is 11.8 Å². The van der Waals surface area contributed by atoms with Crippen molar-refractivity contribution in [1.29, 1.82) is 0 Å². The number of carboxylic acid groups (broad SMARTS) is 1. The Hall–Kier alpha value is -1.76. The Labute approximate surface area is 130 Å². The molecule has 2 N–H and O–H groups in total. The van der Waals surface area contributed by atoms with Gasteiger partial charge < -0.3 is 19.9 Å². The summed E-state index contributed by atoms with van der Waals surface area (Å²) in [5.41, 5.74) is 0.834. The highest BCUT2D eigenvalue weighted by Gasteiger charge is 2.48. The number of methoxy groups -OCH3 is 2. The van der Waals surface area contributed by atoms with E-state index in [-0.39, 0.29) is 5.91 Å². The molecule has 1 aliphatic carbocycles. The average molecular weight is 358 g/mol. The van der Waals surface area contributed by atoms with Gasteiger partial charge in [0.05, 0.1) is 30.5 Å². The van der Waals surface area contributed by atoms with Gasteiger partial charge in [0.15, 0.2) is 11.5 Å². The van der Waals surface area contributed by atoms with Gasteiger partial charge in [-0.05, 0) is 40.0 Å². The zero-order valence-electron chi connectivity index (χ0n) is 11.7. The number of hydrogen-bond acceptors (Lipinski definition) is 4. The Bertz CT molecular complexity index is 575. The second-order valence-electron chi connectivity index (χ2n) is 4.82. The van der Waals surface area contributed by atoms with Crippen molar-refractivity contribution in [3.8, 4) is 11.5 Å². The quantitative estimate of drug-likeness (QED) is 0.810. The van der Waals surface area contributed by atoms with Gasteiger partial charge in [0.25, 0.3) is 0 Å². The van der Waals surface area contributed by atoms with Gasteiger partial charge in [0.1, 0.15) is 0 Å². The molecule has 1 aromatic carbocycles. The van der Waals surface area contributed by atoms with Crippen LogP contribution in [0.4, 0.5) is 0 Å². The van der Waals surface area contributed by atoms with E-state index in [0.717, 1.165) is 10.0 Å². The topological polar surface area (TPSA) is 84.9 Å². The molecule has 0 aliphatic heterocycles. The van der Waals surface area contributed by atoms with E-state index in [4.69, 9.17) is 14.6 Å². The number of carbonyl (C=O) groups is 2. The monoisotopic (exact) mass is 357 g/mol. The summed E-state index contributed by atoms with van der Waals surface area (Å²) in [6.45, 7) is 0.306. The number of carbonyl (C=O) groups excluding carboxylic acids is 1. The first-order chi connectivity index (χ1) is 9.97. The third-order valence-corrected chi connectivity index (χ3v) is 3.99. The number of amides is 1. The predicted molar refractivity (Wildman–Crippen MR) is 78.3 cm³/mol. The second kappa shape index (κ2) is 6.34. The van der Waals surface area contributed by atoms with Crippen LogP contribution in [0.5, 0.6) is 11.5 Å². The first-order valence-corrected chi connectivity index (χ1v) is 7.18. The second-order valence-corrected chi connectivity index (χ2v) is 5.67. The fourth-order valence-electron chi connectivity index (χ4n) is 2.15. The first kappa shape index (κ1) is 15.6. The summed E-state index contributed by atoms with van der Waals surface area (Å²) in [7, 11) is 3.08. The molecule has 1 aliphatic rings. The van der Waals surface area contributed by atoms with Gasteiger partial charge in [-0.25, -0.2) is 0 Å². The van der Waals surface area contributed by atoms with Crippen LogP contribution < -0.4 is 14.8 Å². The number of halogens is 1. The lowest BCUT2D eigenvalue weighted by Crippen LogP contribution is -2.25. The Balaban J connectivity index is 1.99. The SMILES string of the molecule is COc1cc(CNC(=O)[C@@H]2C[C@@H]2C(=O)O)cc(Br)c1OC. The first-order valence-electron chi connectivity index (χ1n) is 6.38. The number of ether oxygens (including phenoxy) is 2.